The molecule has 1 aromatic rings. The fraction of sp³-hybridized carbons (Fsp3) is 0.667. The van der Waals surface area contributed by atoms with Crippen molar-refractivity contribution in [3.05, 3.63) is 34.9 Å². The number of morpholine rings is 1. The molecule has 1 N–H and O–H groups in total. The lowest BCUT2D eigenvalue weighted by Crippen LogP contribution is -2.53. The fourth-order valence-corrected chi connectivity index (χ4v) is 3.30. The molecule has 1 aliphatic rings. The molecule has 118 valence electrons. The maximum atomic E-state index is 6.05. The van der Waals surface area contributed by atoms with Gasteiger partial charge in [0, 0.05) is 19.1 Å². The van der Waals surface area contributed by atoms with E-state index in [0.29, 0.717) is 12.1 Å². The van der Waals surface area contributed by atoms with E-state index >= 15 is 0 Å². The first-order chi connectivity index (χ1) is 10.1. The van der Waals surface area contributed by atoms with Crippen LogP contribution in [0.5, 0.6) is 0 Å². The predicted octanol–water partition coefficient (Wildman–Crippen LogP) is 2.54. The van der Waals surface area contributed by atoms with E-state index in [-0.39, 0.29) is 0 Å². The van der Waals surface area contributed by atoms with Crippen LogP contribution in [0.1, 0.15) is 30.5 Å². The highest BCUT2D eigenvalue weighted by Gasteiger charge is 2.27. The van der Waals surface area contributed by atoms with Crippen LogP contribution in [0.4, 0.5) is 0 Å². The highest BCUT2D eigenvalue weighted by Crippen LogP contribution is 2.16. The standard InChI is InChI=1S/C18H30N2O/c1-5-19-17(18-13-20(6-2)7-8-21-18)12-16-10-14(3)9-15(4)11-16/h9-11,17-19H,5-8,12-13H2,1-4H3. The molecule has 3 heteroatoms. The first kappa shape index (κ1) is 16.5. The molecule has 0 spiro atoms. The van der Waals surface area contributed by atoms with Crippen molar-refractivity contribution in [2.45, 2.75) is 46.3 Å². The van der Waals surface area contributed by atoms with Gasteiger partial charge in [0.1, 0.15) is 0 Å². The van der Waals surface area contributed by atoms with E-state index in [1.54, 1.807) is 0 Å². The first-order valence-electron chi connectivity index (χ1n) is 8.26. The van der Waals surface area contributed by atoms with Gasteiger partial charge in [-0.15, -0.1) is 0 Å². The van der Waals surface area contributed by atoms with E-state index in [4.69, 9.17) is 4.74 Å². The number of hydrogen-bond acceptors (Lipinski definition) is 3. The molecule has 2 unspecified atom stereocenters. The number of rotatable bonds is 6. The van der Waals surface area contributed by atoms with Gasteiger partial charge in [0.15, 0.2) is 0 Å². The van der Waals surface area contributed by atoms with Crippen molar-refractivity contribution in [3.63, 3.8) is 0 Å². The van der Waals surface area contributed by atoms with Crippen LogP contribution >= 0.6 is 0 Å². The summed E-state index contributed by atoms with van der Waals surface area (Å²) < 4.78 is 6.05. The molecule has 0 aliphatic carbocycles. The maximum absolute atomic E-state index is 6.05. The molecule has 1 fully saturated rings. The average Bonchev–Trinajstić information content (AvgIpc) is 2.46. The van der Waals surface area contributed by atoms with Gasteiger partial charge >= 0.3 is 0 Å². The van der Waals surface area contributed by atoms with Gasteiger partial charge in [-0.2, -0.15) is 0 Å². The van der Waals surface area contributed by atoms with Crippen molar-refractivity contribution >= 4 is 0 Å². The molecule has 0 amide bonds. The zero-order chi connectivity index (χ0) is 15.2. The molecule has 0 saturated carbocycles. The zero-order valence-electron chi connectivity index (χ0n) is 14.0. The molecule has 2 atom stereocenters. The monoisotopic (exact) mass is 290 g/mol. The summed E-state index contributed by atoms with van der Waals surface area (Å²) in [6, 6.07) is 7.24. The average molecular weight is 290 g/mol. The normalized spacial score (nSPS) is 21.4. The van der Waals surface area contributed by atoms with E-state index in [0.717, 1.165) is 39.2 Å². The number of nitrogens with one attached hydrogen (secondary N) is 1. The largest absolute Gasteiger partial charge is 0.374 e. The molecule has 1 heterocycles. The maximum Gasteiger partial charge on any atom is 0.0858 e. The van der Waals surface area contributed by atoms with Crippen molar-refractivity contribution in [1.82, 2.24) is 10.2 Å². The van der Waals surface area contributed by atoms with Gasteiger partial charge in [-0.05, 0) is 38.9 Å². The molecule has 2 rings (SSSR count). The van der Waals surface area contributed by atoms with Crippen LogP contribution < -0.4 is 5.32 Å². The van der Waals surface area contributed by atoms with Gasteiger partial charge in [-0.25, -0.2) is 0 Å². The second-order valence-electron chi connectivity index (χ2n) is 6.17. The van der Waals surface area contributed by atoms with Crippen molar-refractivity contribution in [2.24, 2.45) is 0 Å². The minimum atomic E-state index is 0.291. The summed E-state index contributed by atoms with van der Waals surface area (Å²) in [6.07, 6.45) is 1.33. The lowest BCUT2D eigenvalue weighted by Gasteiger charge is -2.37. The second-order valence-corrected chi connectivity index (χ2v) is 6.17. The Bertz CT molecular complexity index is 427. The lowest BCUT2D eigenvalue weighted by molar-refractivity contribution is -0.0445. The van der Waals surface area contributed by atoms with E-state index < -0.39 is 0 Å². The Hall–Kier alpha value is -0.900. The molecule has 1 aliphatic heterocycles. The van der Waals surface area contributed by atoms with E-state index in [9.17, 15) is 0 Å². The van der Waals surface area contributed by atoms with Crippen molar-refractivity contribution in [2.75, 3.05) is 32.8 Å². The number of benzene rings is 1. The third-order valence-electron chi connectivity index (χ3n) is 4.28. The topological polar surface area (TPSA) is 24.5 Å². The minimum Gasteiger partial charge on any atom is -0.374 e. The Balaban J connectivity index is 2.07. The molecule has 21 heavy (non-hydrogen) atoms. The van der Waals surface area contributed by atoms with Gasteiger partial charge < -0.3 is 10.1 Å². The summed E-state index contributed by atoms with van der Waals surface area (Å²) in [5.74, 6) is 0. The number of hydrogen-bond donors (Lipinski definition) is 1. The predicted molar refractivity (Wildman–Crippen MR) is 88.9 cm³/mol. The summed E-state index contributed by atoms with van der Waals surface area (Å²) in [5.41, 5.74) is 4.11. The van der Waals surface area contributed by atoms with Crippen LogP contribution in [0.3, 0.4) is 0 Å². The third-order valence-corrected chi connectivity index (χ3v) is 4.28. The van der Waals surface area contributed by atoms with Gasteiger partial charge in [-0.3, -0.25) is 4.90 Å². The molecule has 0 radical (unpaired) electrons. The van der Waals surface area contributed by atoms with E-state index in [1.807, 2.05) is 0 Å². The molecule has 0 aromatic heterocycles. The minimum absolute atomic E-state index is 0.291. The first-order valence-corrected chi connectivity index (χ1v) is 8.26. The quantitative estimate of drug-likeness (QED) is 0.871. The number of aryl methyl sites for hydroxylation is 2. The number of nitrogens with zero attached hydrogens (tertiary/aromatic N) is 1. The van der Waals surface area contributed by atoms with Crippen molar-refractivity contribution in [1.29, 1.82) is 0 Å². The van der Waals surface area contributed by atoms with Crippen LogP contribution in [0, 0.1) is 13.8 Å². The Labute approximate surface area is 129 Å². The Kier molecular flexibility index (Phi) is 6.22. The van der Waals surface area contributed by atoms with Gasteiger partial charge in [0.05, 0.1) is 12.7 Å². The summed E-state index contributed by atoms with van der Waals surface area (Å²) >= 11 is 0. The summed E-state index contributed by atoms with van der Waals surface area (Å²) in [4.78, 5) is 2.49. The molecular formula is C18H30N2O. The Morgan fingerprint density at radius 2 is 1.95 bits per heavy atom. The SMILES string of the molecule is CCNC(Cc1cc(C)cc(C)c1)C1CN(CC)CCO1. The Morgan fingerprint density at radius 3 is 2.57 bits per heavy atom. The summed E-state index contributed by atoms with van der Waals surface area (Å²) in [5, 5.41) is 3.63. The number of likely N-dealkylation sites (N-methyl/N-ethyl adjacent to an activating group) is 2. The zero-order valence-corrected chi connectivity index (χ0v) is 14.0. The molecular weight excluding hydrogens is 260 g/mol. The van der Waals surface area contributed by atoms with Gasteiger partial charge in [-0.1, -0.05) is 43.2 Å². The summed E-state index contributed by atoms with van der Waals surface area (Å²) in [6.45, 7) is 13.8. The van der Waals surface area contributed by atoms with Crippen LogP contribution in [-0.2, 0) is 11.2 Å². The second kappa shape index (κ2) is 7.92. The third kappa shape index (κ3) is 4.80. The number of ether oxygens (including phenoxy) is 1. The molecule has 3 nitrogen and oxygen atoms in total. The van der Waals surface area contributed by atoms with Crippen molar-refractivity contribution in [3.8, 4) is 0 Å². The highest BCUT2D eigenvalue weighted by molar-refractivity contribution is 5.29. The lowest BCUT2D eigenvalue weighted by atomic mass is 9.97. The van der Waals surface area contributed by atoms with Crippen molar-refractivity contribution < 1.29 is 4.74 Å². The van der Waals surface area contributed by atoms with Crippen LogP contribution in [0.15, 0.2) is 18.2 Å². The molecule has 1 aromatic carbocycles. The van der Waals surface area contributed by atoms with Gasteiger partial charge in [0.25, 0.3) is 0 Å². The van der Waals surface area contributed by atoms with E-state index in [1.165, 1.54) is 16.7 Å². The van der Waals surface area contributed by atoms with Crippen LogP contribution in [0.25, 0.3) is 0 Å². The van der Waals surface area contributed by atoms with Crippen LogP contribution in [0.2, 0.25) is 0 Å². The highest BCUT2D eigenvalue weighted by atomic mass is 16.5. The van der Waals surface area contributed by atoms with Gasteiger partial charge in [0.2, 0.25) is 0 Å². The smallest absolute Gasteiger partial charge is 0.0858 e. The van der Waals surface area contributed by atoms with E-state index in [2.05, 4.69) is 56.1 Å². The fourth-order valence-electron chi connectivity index (χ4n) is 3.30. The molecule has 1 saturated heterocycles. The summed E-state index contributed by atoms with van der Waals surface area (Å²) in [7, 11) is 0. The molecule has 0 bridgehead atoms. The van der Waals surface area contributed by atoms with Crippen LogP contribution in [-0.4, -0.2) is 49.8 Å². The Morgan fingerprint density at radius 1 is 1.24 bits per heavy atom.